The van der Waals surface area contributed by atoms with E-state index in [2.05, 4.69) is 10.3 Å². The Morgan fingerprint density at radius 1 is 1.00 bits per heavy atom. The summed E-state index contributed by atoms with van der Waals surface area (Å²) in [5.41, 5.74) is -1.28. The van der Waals surface area contributed by atoms with E-state index in [4.69, 9.17) is 4.74 Å². The maximum Gasteiger partial charge on any atom is 0.449 e. The van der Waals surface area contributed by atoms with Crippen LogP contribution in [-0.4, -0.2) is 44.6 Å². The van der Waals surface area contributed by atoms with Gasteiger partial charge in [0.2, 0.25) is 11.7 Å². The SMILES string of the molecule is CC(C)(C)OC(=O)N[C@@H](CC(=O)N1CCn2c(C(F)(F)F)nc(-c3cccc(F)c3)c2C1)Cc1cc(F)c(F)cc1F. The minimum atomic E-state index is -4.82. The molecule has 3 aromatic rings. The first-order valence-corrected chi connectivity index (χ1v) is 12.8. The van der Waals surface area contributed by atoms with Gasteiger partial charge in [-0.05, 0) is 51.0 Å². The highest BCUT2D eigenvalue weighted by Crippen LogP contribution is 2.36. The van der Waals surface area contributed by atoms with Gasteiger partial charge in [-0.1, -0.05) is 12.1 Å². The number of fused-ring (bicyclic) bond motifs is 1. The molecule has 1 aliphatic rings. The molecule has 1 N–H and O–H groups in total. The van der Waals surface area contributed by atoms with Crippen molar-refractivity contribution >= 4 is 12.0 Å². The van der Waals surface area contributed by atoms with Crippen LogP contribution in [0, 0.1) is 23.3 Å². The lowest BCUT2D eigenvalue weighted by atomic mass is 10.0. The molecule has 0 aliphatic carbocycles. The number of hydrogen-bond acceptors (Lipinski definition) is 4. The van der Waals surface area contributed by atoms with E-state index >= 15 is 0 Å². The van der Waals surface area contributed by atoms with Crippen LogP contribution in [0.4, 0.5) is 35.5 Å². The molecule has 0 bridgehead atoms. The first-order chi connectivity index (χ1) is 19.5. The fraction of sp³-hybridized carbons (Fsp3) is 0.393. The summed E-state index contributed by atoms with van der Waals surface area (Å²) < 4.78 is 103. The number of alkyl carbamates (subject to hydrolysis) is 1. The lowest BCUT2D eigenvalue weighted by molar-refractivity contribution is -0.148. The third-order valence-corrected chi connectivity index (χ3v) is 6.41. The van der Waals surface area contributed by atoms with Gasteiger partial charge < -0.3 is 19.5 Å². The van der Waals surface area contributed by atoms with Crippen LogP contribution in [0.5, 0.6) is 0 Å². The van der Waals surface area contributed by atoms with Crippen LogP contribution < -0.4 is 5.32 Å². The smallest absolute Gasteiger partial charge is 0.444 e. The van der Waals surface area contributed by atoms with Gasteiger partial charge in [0.25, 0.3) is 0 Å². The number of alkyl halides is 3. The third kappa shape index (κ3) is 7.21. The molecule has 0 saturated heterocycles. The lowest BCUT2D eigenvalue weighted by Crippen LogP contribution is -2.45. The van der Waals surface area contributed by atoms with E-state index < -0.39 is 71.8 Å². The quantitative estimate of drug-likeness (QED) is 0.279. The number of ether oxygens (including phenoxy) is 1. The van der Waals surface area contributed by atoms with E-state index in [0.717, 1.165) is 16.7 Å². The number of halogens is 7. The number of amides is 2. The molecule has 226 valence electrons. The zero-order valence-corrected chi connectivity index (χ0v) is 22.8. The van der Waals surface area contributed by atoms with Crippen LogP contribution in [-0.2, 0) is 35.2 Å². The Labute approximate surface area is 236 Å². The first kappa shape index (κ1) is 30.8. The Hall–Kier alpha value is -4.10. The molecule has 14 heteroatoms. The zero-order chi connectivity index (χ0) is 31.0. The molecule has 1 aromatic heterocycles. The van der Waals surface area contributed by atoms with Gasteiger partial charge in [0.1, 0.15) is 17.2 Å². The number of nitrogens with one attached hydrogen (secondary N) is 1. The highest BCUT2D eigenvalue weighted by molar-refractivity contribution is 5.78. The molecule has 2 aromatic carbocycles. The highest BCUT2D eigenvalue weighted by Gasteiger charge is 2.41. The van der Waals surface area contributed by atoms with Crippen molar-refractivity contribution in [1.82, 2.24) is 19.8 Å². The molecule has 0 radical (unpaired) electrons. The van der Waals surface area contributed by atoms with Crippen molar-refractivity contribution < 1.29 is 45.1 Å². The second-order valence-electron chi connectivity index (χ2n) is 10.8. The molecule has 0 saturated carbocycles. The van der Waals surface area contributed by atoms with Gasteiger partial charge in [0, 0.05) is 37.2 Å². The summed E-state index contributed by atoms with van der Waals surface area (Å²) in [5.74, 6) is -6.36. The van der Waals surface area contributed by atoms with E-state index in [1.165, 1.54) is 17.0 Å². The number of carbonyl (C=O) groups excluding carboxylic acids is 2. The summed E-state index contributed by atoms with van der Waals surface area (Å²) in [6.07, 6.45) is -6.67. The minimum Gasteiger partial charge on any atom is -0.444 e. The molecule has 1 atom stereocenters. The second-order valence-corrected chi connectivity index (χ2v) is 10.8. The summed E-state index contributed by atoms with van der Waals surface area (Å²) >= 11 is 0. The number of nitrogens with zero attached hydrogens (tertiary/aromatic N) is 3. The summed E-state index contributed by atoms with van der Waals surface area (Å²) in [5, 5.41) is 2.44. The molecular weight excluding hydrogens is 573 g/mol. The molecule has 2 heterocycles. The van der Waals surface area contributed by atoms with Gasteiger partial charge in [0.05, 0.1) is 17.9 Å². The number of imidazole rings is 1. The van der Waals surface area contributed by atoms with Gasteiger partial charge >= 0.3 is 12.3 Å². The summed E-state index contributed by atoms with van der Waals surface area (Å²) in [4.78, 5) is 30.8. The van der Waals surface area contributed by atoms with Gasteiger partial charge in [-0.25, -0.2) is 27.3 Å². The molecule has 1 aliphatic heterocycles. The number of benzene rings is 2. The van der Waals surface area contributed by atoms with E-state index in [1.807, 2.05) is 0 Å². The Morgan fingerprint density at radius 3 is 2.33 bits per heavy atom. The van der Waals surface area contributed by atoms with Crippen molar-refractivity contribution in [2.24, 2.45) is 0 Å². The maximum absolute atomic E-state index is 14.4. The molecule has 7 nitrogen and oxygen atoms in total. The Bertz CT molecular complexity index is 1500. The van der Waals surface area contributed by atoms with Gasteiger partial charge in [-0.2, -0.15) is 13.2 Å². The average Bonchev–Trinajstić information content (AvgIpc) is 3.25. The lowest BCUT2D eigenvalue weighted by Gasteiger charge is -2.31. The van der Waals surface area contributed by atoms with Gasteiger partial charge in [-0.15, -0.1) is 0 Å². The number of carbonyl (C=O) groups is 2. The summed E-state index contributed by atoms with van der Waals surface area (Å²) in [7, 11) is 0. The molecule has 2 amide bonds. The monoisotopic (exact) mass is 600 g/mol. The molecule has 0 unspecified atom stereocenters. The Balaban J connectivity index is 1.61. The predicted molar refractivity (Wildman–Crippen MR) is 136 cm³/mol. The number of hydrogen-bond donors (Lipinski definition) is 1. The van der Waals surface area contributed by atoms with Crippen LogP contribution in [0.2, 0.25) is 0 Å². The summed E-state index contributed by atoms with van der Waals surface area (Å²) in [6.45, 7) is 4.00. The van der Waals surface area contributed by atoms with Crippen molar-refractivity contribution in [3.8, 4) is 11.3 Å². The Kier molecular flexibility index (Phi) is 8.55. The topological polar surface area (TPSA) is 76.5 Å². The van der Waals surface area contributed by atoms with Crippen molar-refractivity contribution in [1.29, 1.82) is 0 Å². The van der Waals surface area contributed by atoms with Crippen molar-refractivity contribution in [3.05, 3.63) is 76.7 Å². The third-order valence-electron chi connectivity index (χ3n) is 6.41. The molecule has 4 rings (SSSR count). The van der Waals surface area contributed by atoms with Crippen LogP contribution in [0.15, 0.2) is 36.4 Å². The predicted octanol–water partition coefficient (Wildman–Crippen LogP) is 5.99. The maximum atomic E-state index is 14.4. The van der Waals surface area contributed by atoms with E-state index in [1.54, 1.807) is 20.8 Å². The van der Waals surface area contributed by atoms with Gasteiger partial charge in [0.15, 0.2) is 11.6 Å². The van der Waals surface area contributed by atoms with E-state index in [9.17, 15) is 40.3 Å². The summed E-state index contributed by atoms with van der Waals surface area (Å²) in [6, 6.07) is 4.66. The second kappa shape index (κ2) is 11.6. The molecule has 42 heavy (non-hydrogen) atoms. The van der Waals surface area contributed by atoms with Crippen molar-refractivity contribution in [2.75, 3.05) is 6.54 Å². The van der Waals surface area contributed by atoms with Crippen LogP contribution in [0.3, 0.4) is 0 Å². The van der Waals surface area contributed by atoms with Crippen molar-refractivity contribution in [3.63, 3.8) is 0 Å². The van der Waals surface area contributed by atoms with E-state index in [-0.39, 0.29) is 42.1 Å². The molecule has 0 fully saturated rings. The van der Waals surface area contributed by atoms with E-state index in [0.29, 0.717) is 12.1 Å². The minimum absolute atomic E-state index is 0.0239. The van der Waals surface area contributed by atoms with Crippen LogP contribution >= 0.6 is 0 Å². The zero-order valence-electron chi connectivity index (χ0n) is 22.8. The molecular formula is C28H27F7N4O3. The van der Waals surface area contributed by atoms with Gasteiger partial charge in [-0.3, -0.25) is 4.79 Å². The standard InChI is InChI=1S/C28H27F7N4O3/c1-27(2,3)42-26(41)36-18(10-16-11-20(31)21(32)13-19(16)30)12-23(40)38-7-8-39-22(14-38)24(37-25(39)28(33,34)35)15-5-4-6-17(29)9-15/h4-6,9,11,13,18H,7-8,10,12,14H2,1-3H3,(H,36,41)/t18-/m1/s1. The first-order valence-electron chi connectivity index (χ1n) is 12.8. The highest BCUT2D eigenvalue weighted by atomic mass is 19.4. The van der Waals surface area contributed by atoms with Crippen molar-refractivity contribution in [2.45, 2.75) is 64.5 Å². The fourth-order valence-corrected chi connectivity index (χ4v) is 4.64. The molecule has 0 spiro atoms. The van der Waals surface area contributed by atoms with Crippen LogP contribution in [0.25, 0.3) is 11.3 Å². The number of rotatable bonds is 6. The Morgan fingerprint density at radius 2 is 1.69 bits per heavy atom. The normalized spacial score (nSPS) is 14.4. The number of aromatic nitrogens is 2. The van der Waals surface area contributed by atoms with Crippen LogP contribution in [0.1, 0.15) is 44.3 Å². The fourth-order valence-electron chi connectivity index (χ4n) is 4.64. The average molecular weight is 601 g/mol. The largest absolute Gasteiger partial charge is 0.449 e.